The molecule has 0 atom stereocenters. The number of rotatable bonds is 6. The third-order valence-electron chi connectivity index (χ3n) is 4.69. The number of benzene rings is 2. The van der Waals surface area contributed by atoms with Gasteiger partial charge in [-0.3, -0.25) is 14.3 Å². The maximum absolute atomic E-state index is 13.0. The summed E-state index contributed by atoms with van der Waals surface area (Å²) in [5.74, 6) is 2.13. The largest absolute Gasteiger partial charge is 0.480 e. The molecule has 1 amide bonds. The van der Waals surface area contributed by atoms with E-state index < -0.39 is 11.5 Å². The van der Waals surface area contributed by atoms with Crippen molar-refractivity contribution >= 4 is 17.7 Å². The summed E-state index contributed by atoms with van der Waals surface area (Å²) in [4.78, 5) is 25.8. The highest BCUT2D eigenvalue weighted by atomic mass is 16.5. The number of hydrogen-bond acceptors (Lipinski definition) is 4. The molecule has 154 valence electrons. The topological polar surface area (TPSA) is 89.0 Å². The molecule has 0 spiro atoms. The molecule has 0 radical (unpaired) electrons. The first-order valence-electron chi connectivity index (χ1n) is 9.40. The summed E-state index contributed by atoms with van der Waals surface area (Å²) in [6, 6.07) is 17.9. The van der Waals surface area contributed by atoms with Gasteiger partial charge in [-0.25, -0.2) is 4.68 Å². The standard InChI is InChI=1S/C24H20N4O3/c1-4-14-31-21-13-9-8-10-18(21)15-19(16-25)23(29)26-22-17(2)27(3)28(24(22)30)20-11-6-5-7-12-20/h1,5-13,15H,14H2,2-3H3,(H,26,29)/b19-15+. The summed E-state index contributed by atoms with van der Waals surface area (Å²) in [6.45, 7) is 1.77. The van der Waals surface area contributed by atoms with Crippen LogP contribution in [-0.2, 0) is 11.8 Å². The Labute approximate surface area is 179 Å². The van der Waals surface area contributed by atoms with Gasteiger partial charge in [0.05, 0.1) is 11.4 Å². The van der Waals surface area contributed by atoms with E-state index in [9.17, 15) is 14.9 Å². The van der Waals surface area contributed by atoms with Gasteiger partial charge in [-0.15, -0.1) is 6.42 Å². The Morgan fingerprint density at radius 3 is 2.55 bits per heavy atom. The second-order valence-electron chi connectivity index (χ2n) is 6.59. The van der Waals surface area contributed by atoms with Gasteiger partial charge in [-0.2, -0.15) is 5.26 Å². The predicted molar refractivity (Wildman–Crippen MR) is 119 cm³/mol. The minimum Gasteiger partial charge on any atom is -0.480 e. The maximum Gasteiger partial charge on any atom is 0.295 e. The first-order chi connectivity index (χ1) is 15.0. The SMILES string of the molecule is C#CCOc1ccccc1/C=C(\C#N)C(=O)Nc1c(C)n(C)n(-c2ccccc2)c1=O. The van der Waals surface area contributed by atoms with Crippen LogP contribution in [0.1, 0.15) is 11.3 Å². The molecule has 0 aliphatic heterocycles. The van der Waals surface area contributed by atoms with Crippen LogP contribution in [0.25, 0.3) is 11.8 Å². The number of hydrogen-bond donors (Lipinski definition) is 1. The van der Waals surface area contributed by atoms with Crippen LogP contribution in [0, 0.1) is 30.6 Å². The fourth-order valence-electron chi connectivity index (χ4n) is 3.05. The molecule has 31 heavy (non-hydrogen) atoms. The number of anilines is 1. The lowest BCUT2D eigenvalue weighted by molar-refractivity contribution is -0.112. The minimum atomic E-state index is -0.694. The van der Waals surface area contributed by atoms with E-state index in [0.29, 0.717) is 22.7 Å². The lowest BCUT2D eigenvalue weighted by atomic mass is 10.1. The number of aromatic nitrogens is 2. The van der Waals surface area contributed by atoms with E-state index in [1.54, 1.807) is 55.1 Å². The quantitative estimate of drug-likeness (QED) is 0.383. The number of nitrogens with zero attached hydrogens (tertiary/aromatic N) is 3. The van der Waals surface area contributed by atoms with E-state index in [0.717, 1.165) is 0 Å². The summed E-state index contributed by atoms with van der Waals surface area (Å²) in [6.07, 6.45) is 6.63. The number of nitriles is 1. The van der Waals surface area contributed by atoms with Gasteiger partial charge in [-0.05, 0) is 31.2 Å². The second kappa shape index (κ2) is 9.34. The zero-order chi connectivity index (χ0) is 22.4. The lowest BCUT2D eigenvalue weighted by Gasteiger charge is -2.07. The van der Waals surface area contributed by atoms with E-state index in [-0.39, 0.29) is 17.9 Å². The van der Waals surface area contributed by atoms with Crippen molar-refractivity contribution in [2.45, 2.75) is 6.92 Å². The lowest BCUT2D eigenvalue weighted by Crippen LogP contribution is -2.23. The van der Waals surface area contributed by atoms with Gasteiger partial charge in [-0.1, -0.05) is 42.3 Å². The van der Waals surface area contributed by atoms with Crippen LogP contribution in [0.5, 0.6) is 5.75 Å². The Morgan fingerprint density at radius 1 is 1.19 bits per heavy atom. The Kier molecular flexibility index (Phi) is 6.39. The molecule has 2 aromatic carbocycles. The molecule has 7 nitrogen and oxygen atoms in total. The van der Waals surface area contributed by atoms with Crippen molar-refractivity contribution in [2.24, 2.45) is 7.05 Å². The molecule has 0 saturated carbocycles. The molecule has 1 N–H and O–H groups in total. The molecule has 3 rings (SSSR count). The molecule has 1 heterocycles. The van der Waals surface area contributed by atoms with Crippen LogP contribution >= 0.6 is 0 Å². The maximum atomic E-state index is 13.0. The third-order valence-corrected chi connectivity index (χ3v) is 4.69. The zero-order valence-electron chi connectivity index (χ0n) is 17.1. The molecule has 7 heteroatoms. The number of terminal acetylenes is 1. The number of para-hydroxylation sites is 2. The van der Waals surface area contributed by atoms with Crippen LogP contribution in [-0.4, -0.2) is 21.9 Å². The molecule has 0 fully saturated rings. The van der Waals surface area contributed by atoms with Crippen molar-refractivity contribution in [3.63, 3.8) is 0 Å². The molecular formula is C24H20N4O3. The van der Waals surface area contributed by atoms with Crippen LogP contribution in [0.3, 0.4) is 0 Å². The second-order valence-corrected chi connectivity index (χ2v) is 6.59. The van der Waals surface area contributed by atoms with Crippen LogP contribution < -0.4 is 15.6 Å². The van der Waals surface area contributed by atoms with E-state index in [4.69, 9.17) is 11.2 Å². The summed E-state index contributed by atoms with van der Waals surface area (Å²) >= 11 is 0. The molecule has 0 aliphatic carbocycles. The average molecular weight is 412 g/mol. The first kappa shape index (κ1) is 21.2. The van der Waals surface area contributed by atoms with Gasteiger partial charge in [0.15, 0.2) is 0 Å². The number of carbonyl (C=O) groups excluding carboxylic acids is 1. The van der Waals surface area contributed by atoms with Gasteiger partial charge in [0, 0.05) is 12.6 Å². The zero-order valence-corrected chi connectivity index (χ0v) is 17.1. The highest BCUT2D eigenvalue weighted by molar-refractivity contribution is 6.10. The van der Waals surface area contributed by atoms with E-state index in [1.807, 2.05) is 24.3 Å². The smallest absolute Gasteiger partial charge is 0.295 e. The van der Waals surface area contributed by atoms with Gasteiger partial charge in [0.1, 0.15) is 29.7 Å². The average Bonchev–Trinajstić information content (AvgIpc) is 3.00. The van der Waals surface area contributed by atoms with Crippen molar-refractivity contribution in [2.75, 3.05) is 11.9 Å². The van der Waals surface area contributed by atoms with Gasteiger partial charge in [0.25, 0.3) is 11.5 Å². The summed E-state index contributed by atoms with van der Waals surface area (Å²) in [5, 5.41) is 12.1. The fraction of sp³-hybridized carbons (Fsp3) is 0.125. The highest BCUT2D eigenvalue weighted by Crippen LogP contribution is 2.22. The molecular weight excluding hydrogens is 392 g/mol. The van der Waals surface area contributed by atoms with Crippen LogP contribution in [0.4, 0.5) is 5.69 Å². The van der Waals surface area contributed by atoms with Crippen LogP contribution in [0.2, 0.25) is 0 Å². The monoisotopic (exact) mass is 412 g/mol. The number of ether oxygens (including phenoxy) is 1. The Morgan fingerprint density at radius 2 is 1.87 bits per heavy atom. The predicted octanol–water partition coefficient (Wildman–Crippen LogP) is 3.04. The number of amides is 1. The van der Waals surface area contributed by atoms with Crippen molar-refractivity contribution in [3.05, 3.63) is 81.8 Å². The van der Waals surface area contributed by atoms with Gasteiger partial charge in [0.2, 0.25) is 0 Å². The summed E-state index contributed by atoms with van der Waals surface area (Å²) in [5.41, 5.74) is 1.28. The van der Waals surface area contributed by atoms with E-state index in [2.05, 4.69) is 11.2 Å². The fourth-order valence-corrected chi connectivity index (χ4v) is 3.05. The minimum absolute atomic E-state index is 0.0567. The number of nitrogens with one attached hydrogen (secondary N) is 1. The first-order valence-corrected chi connectivity index (χ1v) is 9.40. The Hall–Kier alpha value is -4.49. The normalized spacial score (nSPS) is 10.8. The molecule has 0 bridgehead atoms. The van der Waals surface area contributed by atoms with Crippen molar-refractivity contribution in [3.8, 4) is 29.8 Å². The summed E-state index contributed by atoms with van der Waals surface area (Å²) < 4.78 is 8.55. The highest BCUT2D eigenvalue weighted by Gasteiger charge is 2.20. The Bertz CT molecular complexity index is 1290. The molecule has 0 unspecified atom stereocenters. The van der Waals surface area contributed by atoms with Crippen LogP contribution in [0.15, 0.2) is 65.0 Å². The van der Waals surface area contributed by atoms with Crippen molar-refractivity contribution in [1.29, 1.82) is 5.26 Å². The van der Waals surface area contributed by atoms with Gasteiger partial charge >= 0.3 is 0 Å². The number of carbonyl (C=O) groups is 1. The molecule has 0 aliphatic rings. The van der Waals surface area contributed by atoms with E-state index >= 15 is 0 Å². The molecule has 3 aromatic rings. The van der Waals surface area contributed by atoms with E-state index in [1.165, 1.54) is 10.8 Å². The Balaban J connectivity index is 1.95. The molecule has 0 saturated heterocycles. The van der Waals surface area contributed by atoms with Gasteiger partial charge < -0.3 is 10.1 Å². The third kappa shape index (κ3) is 4.42. The van der Waals surface area contributed by atoms with Crippen molar-refractivity contribution in [1.82, 2.24) is 9.36 Å². The molecule has 1 aromatic heterocycles. The summed E-state index contributed by atoms with van der Waals surface area (Å²) in [7, 11) is 1.72. The van der Waals surface area contributed by atoms with Crippen molar-refractivity contribution < 1.29 is 9.53 Å².